The second-order valence-corrected chi connectivity index (χ2v) is 2.68. The molecule has 6 heteroatoms. The number of rotatable bonds is 3. The molecule has 0 aliphatic carbocycles. The van der Waals surface area contributed by atoms with Gasteiger partial charge >= 0.3 is 0 Å². The van der Waals surface area contributed by atoms with Crippen LogP contribution >= 0.6 is 7.82 Å². The van der Waals surface area contributed by atoms with Crippen molar-refractivity contribution in [3.05, 3.63) is 0 Å². The predicted octanol–water partition coefficient (Wildman–Crippen LogP) is -0.866. The molecular weight excluding hydrogens is 157 g/mol. The summed E-state index contributed by atoms with van der Waals surface area (Å²) in [4.78, 5) is 19.7. The molecular formula is C4H6NO4P-2. The first-order valence-electron chi connectivity index (χ1n) is 2.59. The summed E-state index contributed by atoms with van der Waals surface area (Å²) in [5, 5.41) is 8.12. The Labute approximate surface area is 58.5 Å². The topological polar surface area (TPSA) is 96.2 Å². The average molecular weight is 163 g/mol. The number of nitrogens with zero attached hydrogens (tertiary/aromatic N) is 1. The van der Waals surface area contributed by atoms with Crippen LogP contribution in [0.3, 0.4) is 0 Å². The molecule has 0 saturated carbocycles. The van der Waals surface area contributed by atoms with Gasteiger partial charge in [0, 0.05) is 0 Å². The number of nitriles is 1. The molecule has 0 radical (unpaired) electrons. The van der Waals surface area contributed by atoms with Gasteiger partial charge in [0.15, 0.2) is 0 Å². The minimum absolute atomic E-state index is 0.185. The Kier molecular flexibility index (Phi) is 3.54. The van der Waals surface area contributed by atoms with Gasteiger partial charge in [-0.25, -0.2) is 0 Å². The van der Waals surface area contributed by atoms with Crippen LogP contribution in [-0.4, -0.2) is 6.10 Å². The summed E-state index contributed by atoms with van der Waals surface area (Å²) in [6.07, 6.45) is -0.953. The first-order valence-corrected chi connectivity index (χ1v) is 4.05. The predicted molar refractivity (Wildman–Crippen MR) is 28.4 cm³/mol. The van der Waals surface area contributed by atoms with E-state index in [1.807, 2.05) is 0 Å². The van der Waals surface area contributed by atoms with Crippen LogP contribution in [-0.2, 0) is 9.09 Å². The van der Waals surface area contributed by atoms with Crippen LogP contribution in [0.15, 0.2) is 0 Å². The lowest BCUT2D eigenvalue weighted by atomic mass is 10.3. The minimum Gasteiger partial charge on any atom is -0.790 e. The van der Waals surface area contributed by atoms with Gasteiger partial charge in [0.25, 0.3) is 0 Å². The van der Waals surface area contributed by atoms with Gasteiger partial charge in [-0.1, -0.05) is 6.92 Å². The Morgan fingerprint density at radius 1 is 1.80 bits per heavy atom. The molecule has 0 rings (SSSR count). The number of hydrogen-bond acceptors (Lipinski definition) is 5. The van der Waals surface area contributed by atoms with Crippen molar-refractivity contribution >= 4 is 7.82 Å². The SMILES string of the molecule is CCC(C#N)OP(=O)([O-])[O-]. The van der Waals surface area contributed by atoms with E-state index in [4.69, 9.17) is 5.26 Å². The third kappa shape index (κ3) is 4.48. The third-order valence-corrected chi connectivity index (χ3v) is 1.28. The minimum atomic E-state index is -4.98. The molecule has 0 aromatic carbocycles. The van der Waals surface area contributed by atoms with Crippen molar-refractivity contribution in [1.82, 2.24) is 0 Å². The van der Waals surface area contributed by atoms with Crippen LogP contribution in [0.5, 0.6) is 0 Å². The van der Waals surface area contributed by atoms with Crippen LogP contribution in [0.1, 0.15) is 13.3 Å². The highest BCUT2D eigenvalue weighted by Crippen LogP contribution is 2.27. The van der Waals surface area contributed by atoms with Crippen molar-refractivity contribution in [2.24, 2.45) is 0 Å². The molecule has 0 saturated heterocycles. The van der Waals surface area contributed by atoms with Crippen LogP contribution < -0.4 is 9.79 Å². The molecule has 0 aliphatic rings. The first kappa shape index (κ1) is 9.60. The fourth-order valence-electron chi connectivity index (χ4n) is 0.345. The smallest absolute Gasteiger partial charge is 0.148 e. The van der Waals surface area contributed by atoms with Crippen LogP contribution in [0, 0.1) is 11.3 Å². The van der Waals surface area contributed by atoms with Gasteiger partial charge in [-0.05, 0) is 6.42 Å². The van der Waals surface area contributed by atoms with E-state index < -0.39 is 13.9 Å². The fourth-order valence-corrected chi connectivity index (χ4v) is 0.853. The fraction of sp³-hybridized carbons (Fsp3) is 0.750. The zero-order valence-corrected chi connectivity index (χ0v) is 6.21. The van der Waals surface area contributed by atoms with Gasteiger partial charge in [-0.3, -0.25) is 0 Å². The maximum absolute atomic E-state index is 9.86. The molecule has 5 nitrogen and oxygen atoms in total. The maximum atomic E-state index is 9.86. The quantitative estimate of drug-likeness (QED) is 0.504. The summed E-state index contributed by atoms with van der Waals surface area (Å²) >= 11 is 0. The normalized spacial score (nSPS) is 14.2. The summed E-state index contributed by atoms with van der Waals surface area (Å²) in [7, 11) is -4.98. The summed E-state index contributed by atoms with van der Waals surface area (Å²) < 4.78 is 13.7. The van der Waals surface area contributed by atoms with E-state index in [1.54, 1.807) is 6.92 Å². The van der Waals surface area contributed by atoms with Gasteiger partial charge in [0.1, 0.15) is 6.10 Å². The molecule has 0 aromatic heterocycles. The molecule has 58 valence electrons. The van der Waals surface area contributed by atoms with Crippen molar-refractivity contribution in [2.45, 2.75) is 19.4 Å². The zero-order chi connectivity index (χ0) is 8.20. The highest BCUT2D eigenvalue weighted by molar-refractivity contribution is 7.43. The molecule has 0 aliphatic heterocycles. The van der Waals surface area contributed by atoms with Crippen molar-refractivity contribution in [3.63, 3.8) is 0 Å². The maximum Gasteiger partial charge on any atom is 0.148 e. The van der Waals surface area contributed by atoms with Crippen molar-refractivity contribution < 1.29 is 18.9 Å². The average Bonchev–Trinajstić information content (AvgIpc) is 1.81. The van der Waals surface area contributed by atoms with Crippen molar-refractivity contribution in [1.29, 1.82) is 5.26 Å². The second kappa shape index (κ2) is 3.69. The van der Waals surface area contributed by atoms with E-state index in [-0.39, 0.29) is 6.42 Å². The number of phosphoric ester groups is 1. The molecule has 0 aromatic rings. The molecule has 0 amide bonds. The standard InChI is InChI=1S/C4H8NO4P/c1-2-4(3-5)9-10(6,7)8/h4H,2H2,1H3,(H2,6,7,8)/p-2. The molecule has 0 heterocycles. The van der Waals surface area contributed by atoms with Crippen LogP contribution in [0.2, 0.25) is 0 Å². The second-order valence-electron chi connectivity index (χ2n) is 1.58. The van der Waals surface area contributed by atoms with E-state index >= 15 is 0 Å². The van der Waals surface area contributed by atoms with Gasteiger partial charge in [-0.2, -0.15) is 5.26 Å². The summed E-state index contributed by atoms with van der Waals surface area (Å²) in [6, 6.07) is 1.51. The van der Waals surface area contributed by atoms with E-state index in [2.05, 4.69) is 4.52 Å². The molecule has 10 heavy (non-hydrogen) atoms. The van der Waals surface area contributed by atoms with Gasteiger partial charge < -0.3 is 18.9 Å². The third-order valence-electron chi connectivity index (χ3n) is 0.771. The molecule has 0 spiro atoms. The Hall–Kier alpha value is -0.400. The molecule has 0 N–H and O–H groups in total. The van der Waals surface area contributed by atoms with E-state index in [1.165, 1.54) is 6.07 Å². The zero-order valence-electron chi connectivity index (χ0n) is 5.31. The number of hydrogen-bond donors (Lipinski definition) is 0. The summed E-state index contributed by atoms with van der Waals surface area (Å²) in [5.41, 5.74) is 0. The Morgan fingerprint density at radius 3 is 2.40 bits per heavy atom. The lowest BCUT2D eigenvalue weighted by Crippen LogP contribution is -2.21. The number of phosphoric acid groups is 1. The molecule has 0 fully saturated rings. The molecule has 1 atom stereocenters. The van der Waals surface area contributed by atoms with E-state index in [9.17, 15) is 14.4 Å². The Balaban J connectivity index is 3.91. The molecule has 1 unspecified atom stereocenters. The van der Waals surface area contributed by atoms with Gasteiger partial charge in [0.05, 0.1) is 13.9 Å². The lowest BCUT2D eigenvalue weighted by Gasteiger charge is -2.30. The lowest BCUT2D eigenvalue weighted by molar-refractivity contribution is -0.343. The van der Waals surface area contributed by atoms with Crippen LogP contribution in [0.25, 0.3) is 0 Å². The highest BCUT2D eigenvalue weighted by atomic mass is 31.2. The Bertz CT molecular complexity index is 180. The van der Waals surface area contributed by atoms with Gasteiger partial charge in [0.2, 0.25) is 0 Å². The van der Waals surface area contributed by atoms with Crippen LogP contribution in [0.4, 0.5) is 0 Å². The van der Waals surface area contributed by atoms with Gasteiger partial charge in [-0.15, -0.1) is 0 Å². The monoisotopic (exact) mass is 163 g/mol. The van der Waals surface area contributed by atoms with E-state index in [0.29, 0.717) is 0 Å². The summed E-state index contributed by atoms with van der Waals surface area (Å²) in [5.74, 6) is 0. The first-order chi connectivity index (χ1) is 4.49. The summed E-state index contributed by atoms with van der Waals surface area (Å²) in [6.45, 7) is 1.55. The molecule has 0 bridgehead atoms. The van der Waals surface area contributed by atoms with Crippen molar-refractivity contribution in [2.75, 3.05) is 0 Å². The highest BCUT2D eigenvalue weighted by Gasteiger charge is 2.04. The Morgan fingerprint density at radius 2 is 2.30 bits per heavy atom. The van der Waals surface area contributed by atoms with Crippen molar-refractivity contribution in [3.8, 4) is 6.07 Å². The largest absolute Gasteiger partial charge is 0.790 e. The van der Waals surface area contributed by atoms with E-state index in [0.717, 1.165) is 0 Å².